The average Bonchev–Trinajstić information content (AvgIpc) is 2.63. The van der Waals surface area contributed by atoms with E-state index in [1.54, 1.807) is 25.0 Å². The van der Waals surface area contributed by atoms with E-state index in [2.05, 4.69) is 9.97 Å². The molecule has 0 atom stereocenters. The zero-order valence-electron chi connectivity index (χ0n) is 7.57. The SMILES string of the molecule is Cn1ccnc1.Cn1ccnc1.[Pt+2]. The van der Waals surface area contributed by atoms with Gasteiger partial charge in [0.05, 0.1) is 12.7 Å². The smallest absolute Gasteiger partial charge is 0.341 e. The zero-order chi connectivity index (χ0) is 8.81. The van der Waals surface area contributed by atoms with Crippen LogP contribution in [-0.2, 0) is 35.2 Å². The average molecular weight is 359 g/mol. The van der Waals surface area contributed by atoms with Crippen molar-refractivity contribution in [1.82, 2.24) is 19.1 Å². The molecule has 0 amide bonds. The number of rotatable bonds is 0. The minimum Gasteiger partial charge on any atom is -0.341 e. The molecule has 0 saturated heterocycles. The molecule has 0 aliphatic carbocycles. The molecule has 0 aliphatic rings. The number of hydrogen-bond acceptors (Lipinski definition) is 2. The molecule has 2 rings (SSSR count). The van der Waals surface area contributed by atoms with E-state index >= 15 is 0 Å². The van der Waals surface area contributed by atoms with Gasteiger partial charge in [-0.3, -0.25) is 0 Å². The first-order valence-corrected chi connectivity index (χ1v) is 3.63. The van der Waals surface area contributed by atoms with Gasteiger partial charge in [-0.05, 0) is 0 Å². The van der Waals surface area contributed by atoms with Crippen molar-refractivity contribution in [3.63, 3.8) is 0 Å². The zero-order valence-corrected chi connectivity index (χ0v) is 9.84. The summed E-state index contributed by atoms with van der Waals surface area (Å²) in [5, 5.41) is 0. The van der Waals surface area contributed by atoms with Gasteiger partial charge < -0.3 is 9.13 Å². The summed E-state index contributed by atoms with van der Waals surface area (Å²) in [6, 6.07) is 0. The van der Waals surface area contributed by atoms with Crippen molar-refractivity contribution in [2.24, 2.45) is 14.1 Å². The Kier molecular flexibility index (Phi) is 6.15. The molecule has 0 aromatic carbocycles. The summed E-state index contributed by atoms with van der Waals surface area (Å²) in [6.07, 6.45) is 10.8. The first-order chi connectivity index (χ1) is 5.79. The third-order valence-electron chi connectivity index (χ3n) is 1.27. The molecule has 0 radical (unpaired) electrons. The molecule has 0 unspecified atom stereocenters. The molecule has 13 heavy (non-hydrogen) atoms. The molecule has 72 valence electrons. The third kappa shape index (κ3) is 5.36. The molecular formula is C8H12N4Pt+2. The number of imidazole rings is 2. The van der Waals surface area contributed by atoms with Gasteiger partial charge in [0.25, 0.3) is 0 Å². The minimum absolute atomic E-state index is 0. The quantitative estimate of drug-likeness (QED) is 0.699. The topological polar surface area (TPSA) is 35.6 Å². The van der Waals surface area contributed by atoms with Crippen LogP contribution in [0.15, 0.2) is 37.4 Å². The van der Waals surface area contributed by atoms with Crippen molar-refractivity contribution >= 4 is 0 Å². The maximum Gasteiger partial charge on any atom is 2.00 e. The van der Waals surface area contributed by atoms with Crippen molar-refractivity contribution in [3.8, 4) is 0 Å². The second-order valence-corrected chi connectivity index (χ2v) is 2.46. The summed E-state index contributed by atoms with van der Waals surface area (Å²) in [5.74, 6) is 0. The van der Waals surface area contributed by atoms with Crippen molar-refractivity contribution in [2.45, 2.75) is 0 Å². The van der Waals surface area contributed by atoms with E-state index in [0.29, 0.717) is 0 Å². The van der Waals surface area contributed by atoms with Gasteiger partial charge in [0.2, 0.25) is 0 Å². The Hall–Kier alpha value is -0.892. The molecule has 5 heteroatoms. The maximum absolute atomic E-state index is 3.78. The van der Waals surface area contributed by atoms with Crippen LogP contribution >= 0.6 is 0 Å². The van der Waals surface area contributed by atoms with Crippen LogP contribution in [0, 0.1) is 0 Å². The fraction of sp³-hybridized carbons (Fsp3) is 0.250. The largest absolute Gasteiger partial charge is 2.00 e. The number of nitrogens with zero attached hydrogens (tertiary/aromatic N) is 4. The summed E-state index contributed by atoms with van der Waals surface area (Å²) >= 11 is 0. The van der Waals surface area contributed by atoms with Gasteiger partial charge in [-0.25, -0.2) is 9.97 Å². The van der Waals surface area contributed by atoms with Crippen LogP contribution in [0.3, 0.4) is 0 Å². The Morgan fingerprint density at radius 3 is 1.31 bits per heavy atom. The molecule has 2 aromatic heterocycles. The Morgan fingerprint density at radius 2 is 1.23 bits per heavy atom. The Balaban J connectivity index is 0.000000206. The van der Waals surface area contributed by atoms with Gasteiger partial charge in [-0.1, -0.05) is 0 Å². The molecule has 2 heterocycles. The molecule has 4 nitrogen and oxygen atoms in total. The summed E-state index contributed by atoms with van der Waals surface area (Å²) in [5.41, 5.74) is 0. The molecule has 0 bridgehead atoms. The fourth-order valence-corrected chi connectivity index (χ4v) is 0.652. The molecule has 0 fully saturated rings. The van der Waals surface area contributed by atoms with Gasteiger partial charge in [-0.2, -0.15) is 0 Å². The van der Waals surface area contributed by atoms with Crippen LogP contribution in [0.4, 0.5) is 0 Å². The van der Waals surface area contributed by atoms with E-state index in [1.807, 2.05) is 35.6 Å². The van der Waals surface area contributed by atoms with Gasteiger partial charge in [0.15, 0.2) is 0 Å². The van der Waals surface area contributed by atoms with Crippen molar-refractivity contribution in [1.29, 1.82) is 0 Å². The first kappa shape index (κ1) is 12.1. The molecule has 2 aromatic rings. The van der Waals surface area contributed by atoms with Gasteiger partial charge in [0, 0.05) is 38.9 Å². The fourth-order valence-electron chi connectivity index (χ4n) is 0.652. The van der Waals surface area contributed by atoms with E-state index in [4.69, 9.17) is 0 Å². The Bertz CT molecular complexity index is 256. The molecule has 0 spiro atoms. The maximum atomic E-state index is 3.78. The van der Waals surface area contributed by atoms with Gasteiger partial charge in [-0.15, -0.1) is 0 Å². The minimum atomic E-state index is 0. The summed E-state index contributed by atoms with van der Waals surface area (Å²) < 4.78 is 3.78. The number of aromatic nitrogens is 4. The van der Waals surface area contributed by atoms with Gasteiger partial charge >= 0.3 is 21.1 Å². The second kappa shape index (κ2) is 6.61. The van der Waals surface area contributed by atoms with E-state index in [0.717, 1.165) is 0 Å². The van der Waals surface area contributed by atoms with E-state index in [-0.39, 0.29) is 21.1 Å². The summed E-state index contributed by atoms with van der Waals surface area (Å²) in [7, 11) is 3.88. The number of hydrogen-bond donors (Lipinski definition) is 0. The van der Waals surface area contributed by atoms with Crippen LogP contribution in [0.25, 0.3) is 0 Å². The third-order valence-corrected chi connectivity index (χ3v) is 1.27. The van der Waals surface area contributed by atoms with Gasteiger partial charge in [0.1, 0.15) is 0 Å². The van der Waals surface area contributed by atoms with Crippen LogP contribution < -0.4 is 0 Å². The van der Waals surface area contributed by atoms with Crippen molar-refractivity contribution in [3.05, 3.63) is 37.4 Å². The van der Waals surface area contributed by atoms with Crippen molar-refractivity contribution < 1.29 is 21.1 Å². The monoisotopic (exact) mass is 359 g/mol. The van der Waals surface area contributed by atoms with Crippen LogP contribution in [0.1, 0.15) is 0 Å². The number of aryl methyl sites for hydroxylation is 2. The van der Waals surface area contributed by atoms with Crippen molar-refractivity contribution in [2.75, 3.05) is 0 Å². The Morgan fingerprint density at radius 1 is 0.846 bits per heavy atom. The standard InChI is InChI=1S/2C4H6N2.Pt/c2*1-6-3-2-5-4-6;/h2*2-4H,1H3;/q;;+2. The summed E-state index contributed by atoms with van der Waals surface area (Å²) in [6.45, 7) is 0. The normalized spacial score (nSPS) is 8.15. The molecule has 0 saturated carbocycles. The van der Waals surface area contributed by atoms with E-state index in [1.165, 1.54) is 0 Å². The van der Waals surface area contributed by atoms with E-state index in [9.17, 15) is 0 Å². The Labute approximate surface area is 91.9 Å². The molecule has 0 N–H and O–H groups in total. The second-order valence-electron chi connectivity index (χ2n) is 2.46. The van der Waals surface area contributed by atoms with E-state index < -0.39 is 0 Å². The molecular weight excluding hydrogens is 347 g/mol. The first-order valence-electron chi connectivity index (χ1n) is 3.63. The van der Waals surface area contributed by atoms with Crippen LogP contribution in [-0.4, -0.2) is 19.1 Å². The molecule has 0 aliphatic heterocycles. The predicted octanol–water partition coefficient (Wildman–Crippen LogP) is 0.838. The van der Waals surface area contributed by atoms with Crippen LogP contribution in [0.5, 0.6) is 0 Å². The summed E-state index contributed by atoms with van der Waals surface area (Å²) in [4.78, 5) is 7.57. The predicted molar refractivity (Wildman–Crippen MR) is 46.4 cm³/mol. The van der Waals surface area contributed by atoms with Crippen LogP contribution in [0.2, 0.25) is 0 Å².